The molecule has 0 saturated heterocycles. The van der Waals surface area contributed by atoms with Crippen LogP contribution in [-0.4, -0.2) is 38.9 Å². The van der Waals surface area contributed by atoms with Crippen molar-refractivity contribution in [2.24, 2.45) is 10.9 Å². The third-order valence-corrected chi connectivity index (χ3v) is 3.66. The number of oxime groups is 1. The van der Waals surface area contributed by atoms with Gasteiger partial charge in [-0.25, -0.2) is 0 Å². The fraction of sp³-hybridized carbons (Fsp3) is 0.167. The topological polar surface area (TPSA) is 112 Å². The molecule has 0 unspecified atom stereocenters. The third-order valence-electron chi connectivity index (χ3n) is 3.38. The minimum absolute atomic E-state index is 0.297. The Balaban J connectivity index is 1.89. The van der Waals surface area contributed by atoms with Gasteiger partial charge in [-0.15, -0.1) is 0 Å². The lowest BCUT2D eigenvalue weighted by atomic mass is 10.2. The zero-order valence-electron chi connectivity index (χ0n) is 14.7. The first-order valence-corrected chi connectivity index (χ1v) is 8.09. The number of amides is 2. The summed E-state index contributed by atoms with van der Waals surface area (Å²) < 4.78 is 10.3. The first-order chi connectivity index (χ1) is 12.9. The Hall–Kier alpha value is -3.26. The normalized spacial score (nSPS) is 10.5. The largest absolute Gasteiger partial charge is 0.493 e. The van der Waals surface area contributed by atoms with E-state index >= 15 is 0 Å². The predicted octanol–water partition coefficient (Wildman–Crippen LogP) is 2.45. The predicted molar refractivity (Wildman–Crippen MR) is 102 cm³/mol. The molecule has 2 aromatic carbocycles. The lowest BCUT2D eigenvalue weighted by Gasteiger charge is -2.09. The van der Waals surface area contributed by atoms with Crippen LogP contribution in [0.15, 0.2) is 41.6 Å². The Morgan fingerprint density at radius 1 is 1.19 bits per heavy atom. The molecule has 142 valence electrons. The fourth-order valence-corrected chi connectivity index (χ4v) is 2.42. The van der Waals surface area contributed by atoms with Crippen molar-refractivity contribution < 1.29 is 23.9 Å². The summed E-state index contributed by atoms with van der Waals surface area (Å²) in [5.74, 6) is -0.0901. The van der Waals surface area contributed by atoms with Crippen LogP contribution in [0.3, 0.4) is 0 Å². The van der Waals surface area contributed by atoms with E-state index in [0.29, 0.717) is 33.3 Å². The summed E-state index contributed by atoms with van der Waals surface area (Å²) in [7, 11) is 2.98. The second kappa shape index (κ2) is 9.44. The SMILES string of the molecule is COc1cc(/C=N\OCC(=O)Nc2ccc(C(N)=O)cc2)cc(Cl)c1OC. The van der Waals surface area contributed by atoms with Gasteiger partial charge in [0.1, 0.15) is 0 Å². The van der Waals surface area contributed by atoms with Crippen LogP contribution in [0.4, 0.5) is 5.69 Å². The summed E-state index contributed by atoms with van der Waals surface area (Å²) in [5, 5.41) is 6.69. The standard InChI is InChI=1S/C18H18ClN3O5/c1-25-15-8-11(7-14(19)17(15)26-2)9-21-27-10-16(23)22-13-5-3-12(4-6-13)18(20)24/h3-9H,10H2,1-2H3,(H2,20,24)(H,22,23)/b21-9-. The number of methoxy groups -OCH3 is 2. The van der Waals surface area contributed by atoms with Gasteiger partial charge in [-0.1, -0.05) is 16.8 Å². The van der Waals surface area contributed by atoms with Crippen molar-refractivity contribution in [3.63, 3.8) is 0 Å². The van der Waals surface area contributed by atoms with Crippen molar-refractivity contribution in [3.8, 4) is 11.5 Å². The quantitative estimate of drug-likeness (QED) is 0.530. The van der Waals surface area contributed by atoms with Crippen LogP contribution in [0.1, 0.15) is 15.9 Å². The molecule has 0 radical (unpaired) electrons. The number of nitrogens with zero attached hydrogens (tertiary/aromatic N) is 1. The van der Waals surface area contributed by atoms with Crippen molar-refractivity contribution in [1.82, 2.24) is 0 Å². The number of nitrogens with one attached hydrogen (secondary N) is 1. The highest BCUT2D eigenvalue weighted by atomic mass is 35.5. The highest BCUT2D eigenvalue weighted by Gasteiger charge is 2.10. The van der Waals surface area contributed by atoms with Crippen LogP contribution >= 0.6 is 11.6 Å². The molecule has 27 heavy (non-hydrogen) atoms. The molecule has 0 fully saturated rings. The Labute approximate surface area is 160 Å². The second-order valence-corrected chi connectivity index (χ2v) is 5.64. The molecule has 0 aliphatic rings. The van der Waals surface area contributed by atoms with Gasteiger partial charge < -0.3 is 25.4 Å². The molecular formula is C18H18ClN3O5. The van der Waals surface area contributed by atoms with Crippen molar-refractivity contribution in [2.45, 2.75) is 0 Å². The molecule has 0 heterocycles. The molecule has 2 amide bonds. The minimum atomic E-state index is -0.541. The molecular weight excluding hydrogens is 374 g/mol. The van der Waals surface area contributed by atoms with Gasteiger partial charge in [0.25, 0.3) is 5.91 Å². The van der Waals surface area contributed by atoms with Crippen LogP contribution in [0.25, 0.3) is 0 Å². The fourth-order valence-electron chi connectivity index (χ4n) is 2.12. The van der Waals surface area contributed by atoms with E-state index in [1.54, 1.807) is 24.3 Å². The number of benzene rings is 2. The van der Waals surface area contributed by atoms with E-state index in [4.69, 9.17) is 31.6 Å². The monoisotopic (exact) mass is 391 g/mol. The Morgan fingerprint density at radius 2 is 1.89 bits per heavy atom. The summed E-state index contributed by atoms with van der Waals surface area (Å²) in [6.07, 6.45) is 1.39. The smallest absolute Gasteiger partial charge is 0.265 e. The number of hydrogen-bond donors (Lipinski definition) is 2. The van der Waals surface area contributed by atoms with Gasteiger partial charge in [-0.3, -0.25) is 9.59 Å². The van der Waals surface area contributed by atoms with Gasteiger partial charge in [0, 0.05) is 16.8 Å². The number of anilines is 1. The second-order valence-electron chi connectivity index (χ2n) is 5.24. The summed E-state index contributed by atoms with van der Waals surface area (Å²) in [6, 6.07) is 9.43. The Bertz CT molecular complexity index is 853. The van der Waals surface area contributed by atoms with E-state index in [1.165, 1.54) is 32.6 Å². The van der Waals surface area contributed by atoms with E-state index in [9.17, 15) is 9.59 Å². The average molecular weight is 392 g/mol. The number of nitrogens with two attached hydrogens (primary N) is 1. The van der Waals surface area contributed by atoms with Crippen molar-refractivity contribution in [2.75, 3.05) is 26.1 Å². The van der Waals surface area contributed by atoms with E-state index in [-0.39, 0.29) is 6.61 Å². The number of halogens is 1. The molecule has 9 heteroatoms. The van der Waals surface area contributed by atoms with Crippen LogP contribution < -0.4 is 20.5 Å². The molecule has 0 bridgehead atoms. The maximum Gasteiger partial charge on any atom is 0.265 e. The van der Waals surface area contributed by atoms with Gasteiger partial charge in [0.05, 0.1) is 25.5 Å². The number of carbonyl (C=O) groups is 2. The van der Waals surface area contributed by atoms with Crippen LogP contribution in [0, 0.1) is 0 Å². The van der Waals surface area contributed by atoms with Gasteiger partial charge in [0.15, 0.2) is 18.1 Å². The van der Waals surface area contributed by atoms with E-state index < -0.39 is 11.8 Å². The van der Waals surface area contributed by atoms with Gasteiger partial charge in [0.2, 0.25) is 5.91 Å². The number of rotatable bonds is 8. The molecule has 8 nitrogen and oxygen atoms in total. The first kappa shape index (κ1) is 20.1. The Kier molecular flexibility index (Phi) is 7.01. The van der Waals surface area contributed by atoms with Gasteiger partial charge in [-0.05, 0) is 36.4 Å². The number of carbonyl (C=O) groups excluding carboxylic acids is 2. The van der Waals surface area contributed by atoms with Crippen molar-refractivity contribution >= 4 is 35.3 Å². The highest BCUT2D eigenvalue weighted by molar-refractivity contribution is 6.32. The minimum Gasteiger partial charge on any atom is -0.493 e. The van der Waals surface area contributed by atoms with Crippen LogP contribution in [0.5, 0.6) is 11.5 Å². The maximum atomic E-state index is 11.8. The average Bonchev–Trinajstić information content (AvgIpc) is 2.65. The molecule has 2 rings (SSSR count). The van der Waals surface area contributed by atoms with E-state index in [2.05, 4.69) is 10.5 Å². The van der Waals surface area contributed by atoms with Crippen LogP contribution in [0.2, 0.25) is 5.02 Å². The lowest BCUT2D eigenvalue weighted by molar-refractivity contribution is -0.120. The van der Waals surface area contributed by atoms with Crippen molar-refractivity contribution in [1.29, 1.82) is 0 Å². The zero-order chi connectivity index (χ0) is 19.8. The third kappa shape index (κ3) is 5.61. The number of hydrogen-bond acceptors (Lipinski definition) is 6. The molecule has 0 atom stereocenters. The van der Waals surface area contributed by atoms with E-state index in [1.807, 2.05) is 0 Å². The first-order valence-electron chi connectivity index (χ1n) is 7.71. The molecule has 3 N–H and O–H groups in total. The molecule has 0 spiro atoms. The molecule has 0 saturated carbocycles. The number of primary amides is 1. The summed E-state index contributed by atoms with van der Waals surface area (Å²) in [4.78, 5) is 27.8. The number of ether oxygens (including phenoxy) is 2. The van der Waals surface area contributed by atoms with Gasteiger partial charge in [-0.2, -0.15) is 0 Å². The zero-order valence-corrected chi connectivity index (χ0v) is 15.4. The van der Waals surface area contributed by atoms with Gasteiger partial charge >= 0.3 is 0 Å². The Morgan fingerprint density at radius 3 is 2.48 bits per heavy atom. The molecule has 0 aromatic heterocycles. The van der Waals surface area contributed by atoms with E-state index in [0.717, 1.165) is 0 Å². The molecule has 0 aliphatic carbocycles. The highest BCUT2D eigenvalue weighted by Crippen LogP contribution is 2.35. The van der Waals surface area contributed by atoms with Crippen molar-refractivity contribution in [3.05, 3.63) is 52.5 Å². The molecule has 2 aromatic rings. The summed E-state index contributed by atoms with van der Waals surface area (Å²) in [5.41, 5.74) is 6.62. The maximum absolute atomic E-state index is 11.8. The summed E-state index contributed by atoms with van der Waals surface area (Å²) >= 11 is 6.10. The lowest BCUT2D eigenvalue weighted by Crippen LogP contribution is -2.17. The summed E-state index contributed by atoms with van der Waals surface area (Å²) in [6.45, 7) is -0.297. The van der Waals surface area contributed by atoms with Crippen LogP contribution in [-0.2, 0) is 9.63 Å². The molecule has 0 aliphatic heterocycles.